The normalized spacial score (nSPS) is 18.5. The highest BCUT2D eigenvalue weighted by atomic mass is 32.1. The number of nitrogens with zero attached hydrogens (tertiary/aromatic N) is 5. The maximum Gasteiger partial charge on any atom is 0.231 e. The van der Waals surface area contributed by atoms with Crippen LogP contribution in [0.1, 0.15) is 30.5 Å². The summed E-state index contributed by atoms with van der Waals surface area (Å²) in [6.45, 7) is 1.58. The summed E-state index contributed by atoms with van der Waals surface area (Å²) in [7, 11) is 0. The highest BCUT2D eigenvalue weighted by Gasteiger charge is 2.28. The Kier molecular flexibility index (Phi) is 4.93. The van der Waals surface area contributed by atoms with Gasteiger partial charge in [0.1, 0.15) is 0 Å². The first kappa shape index (κ1) is 18.2. The molecule has 1 saturated heterocycles. The minimum absolute atomic E-state index is 0.0240. The second kappa shape index (κ2) is 7.87. The van der Waals surface area contributed by atoms with E-state index in [4.69, 9.17) is 0 Å². The van der Waals surface area contributed by atoms with Crippen LogP contribution in [0, 0.1) is 5.92 Å². The van der Waals surface area contributed by atoms with Crippen LogP contribution in [0.5, 0.6) is 0 Å². The number of thiazole rings is 1. The van der Waals surface area contributed by atoms with Crippen molar-refractivity contribution in [3.63, 3.8) is 0 Å². The maximum atomic E-state index is 12.9. The topological polar surface area (TPSA) is 83.9 Å². The van der Waals surface area contributed by atoms with Gasteiger partial charge in [-0.3, -0.25) is 9.78 Å². The standard InChI is InChI=1S/C21H22N6OS/c28-20(24-21-23-18(13-29-21)15-5-2-8-22-11-15)16-6-3-9-27(12-16)19-10-14-4-1-7-17(14)25-26-19/h2,5,8,10-11,13,16H,1,3-4,6-7,9,12H2,(H,23,24,28)/t16-/m0/s1. The summed E-state index contributed by atoms with van der Waals surface area (Å²) in [6, 6.07) is 6.01. The molecule has 1 fully saturated rings. The van der Waals surface area contributed by atoms with E-state index in [2.05, 4.69) is 36.4 Å². The molecule has 0 bridgehead atoms. The SMILES string of the molecule is O=C(Nc1nc(-c2cccnc2)cs1)[C@H]1CCCN(c2cc3c(nn2)CCC3)C1. The number of carbonyl (C=O) groups is 1. The number of nitrogens with one attached hydrogen (secondary N) is 1. The van der Waals surface area contributed by atoms with Crippen LogP contribution >= 0.6 is 11.3 Å². The summed E-state index contributed by atoms with van der Waals surface area (Å²) in [5.41, 5.74) is 4.22. The average molecular weight is 407 g/mol. The highest BCUT2D eigenvalue weighted by Crippen LogP contribution is 2.28. The number of rotatable bonds is 4. The monoisotopic (exact) mass is 406 g/mol. The predicted octanol–water partition coefficient (Wildman–Crippen LogP) is 3.34. The molecule has 1 atom stereocenters. The third-order valence-electron chi connectivity index (χ3n) is 5.61. The first-order chi connectivity index (χ1) is 14.3. The van der Waals surface area contributed by atoms with Crippen LogP contribution in [-0.2, 0) is 17.6 Å². The number of aryl methyl sites for hydroxylation is 2. The van der Waals surface area contributed by atoms with E-state index >= 15 is 0 Å². The molecule has 1 aliphatic heterocycles. The van der Waals surface area contributed by atoms with Gasteiger partial charge in [-0.15, -0.1) is 16.4 Å². The molecule has 0 unspecified atom stereocenters. The van der Waals surface area contributed by atoms with E-state index < -0.39 is 0 Å². The lowest BCUT2D eigenvalue weighted by atomic mass is 9.97. The van der Waals surface area contributed by atoms with E-state index in [0.717, 1.165) is 61.4 Å². The van der Waals surface area contributed by atoms with Gasteiger partial charge in [0.25, 0.3) is 0 Å². The Morgan fingerprint density at radius 1 is 1.24 bits per heavy atom. The molecule has 0 radical (unpaired) electrons. The summed E-state index contributed by atoms with van der Waals surface area (Å²) in [5, 5.41) is 14.4. The first-order valence-corrected chi connectivity index (χ1v) is 10.9. The van der Waals surface area contributed by atoms with Gasteiger partial charge in [0, 0.05) is 36.4 Å². The minimum atomic E-state index is -0.0791. The average Bonchev–Trinajstić information content (AvgIpc) is 3.43. The van der Waals surface area contributed by atoms with Gasteiger partial charge in [0.05, 0.1) is 17.3 Å². The second-order valence-electron chi connectivity index (χ2n) is 7.58. The Hall–Kier alpha value is -2.87. The van der Waals surface area contributed by atoms with E-state index in [1.807, 2.05) is 17.5 Å². The van der Waals surface area contributed by atoms with Gasteiger partial charge >= 0.3 is 0 Å². The molecular formula is C21H22N6OS. The first-order valence-electron chi connectivity index (χ1n) is 10.0. The van der Waals surface area contributed by atoms with Crippen molar-refractivity contribution in [2.24, 2.45) is 5.92 Å². The van der Waals surface area contributed by atoms with Gasteiger partial charge in [0.2, 0.25) is 5.91 Å². The molecule has 8 heteroatoms. The van der Waals surface area contributed by atoms with Crippen molar-refractivity contribution in [1.29, 1.82) is 0 Å². The van der Waals surface area contributed by atoms with Crippen LogP contribution in [0.2, 0.25) is 0 Å². The third kappa shape index (κ3) is 3.85. The number of hydrogen-bond donors (Lipinski definition) is 1. The number of anilines is 2. The summed E-state index contributed by atoms with van der Waals surface area (Å²) in [5.74, 6) is 0.844. The minimum Gasteiger partial charge on any atom is -0.354 e. The van der Waals surface area contributed by atoms with Crippen LogP contribution in [0.25, 0.3) is 11.3 Å². The Morgan fingerprint density at radius 2 is 2.21 bits per heavy atom. The largest absolute Gasteiger partial charge is 0.354 e. The number of amides is 1. The van der Waals surface area contributed by atoms with Crippen LogP contribution in [0.15, 0.2) is 36.0 Å². The molecule has 5 rings (SSSR count). The summed E-state index contributed by atoms with van der Waals surface area (Å²) in [4.78, 5) is 23.7. The van der Waals surface area contributed by atoms with E-state index in [0.29, 0.717) is 11.7 Å². The number of aromatic nitrogens is 4. The second-order valence-corrected chi connectivity index (χ2v) is 8.44. The van der Waals surface area contributed by atoms with Crippen molar-refractivity contribution >= 4 is 28.2 Å². The molecular weight excluding hydrogens is 384 g/mol. The number of hydrogen-bond acceptors (Lipinski definition) is 7. The van der Waals surface area contributed by atoms with Gasteiger partial charge in [-0.25, -0.2) is 4.98 Å². The van der Waals surface area contributed by atoms with Crippen molar-refractivity contribution in [2.45, 2.75) is 32.1 Å². The Labute approximate surface area is 173 Å². The van der Waals surface area contributed by atoms with Crippen molar-refractivity contribution in [2.75, 3.05) is 23.3 Å². The molecule has 148 valence electrons. The fourth-order valence-electron chi connectivity index (χ4n) is 4.06. The van der Waals surface area contributed by atoms with E-state index in [1.165, 1.54) is 16.9 Å². The quantitative estimate of drug-likeness (QED) is 0.715. The van der Waals surface area contributed by atoms with E-state index in [9.17, 15) is 4.79 Å². The number of fused-ring (bicyclic) bond motifs is 1. The lowest BCUT2D eigenvalue weighted by Gasteiger charge is -2.32. The van der Waals surface area contributed by atoms with Gasteiger partial charge < -0.3 is 10.2 Å². The van der Waals surface area contributed by atoms with Crippen LogP contribution in [0.3, 0.4) is 0 Å². The van der Waals surface area contributed by atoms with Gasteiger partial charge in [-0.2, -0.15) is 5.10 Å². The van der Waals surface area contributed by atoms with Crippen molar-refractivity contribution < 1.29 is 4.79 Å². The van der Waals surface area contributed by atoms with E-state index in [-0.39, 0.29) is 11.8 Å². The Morgan fingerprint density at radius 3 is 3.10 bits per heavy atom. The zero-order valence-corrected chi connectivity index (χ0v) is 16.9. The molecule has 0 spiro atoms. The molecule has 1 amide bonds. The predicted molar refractivity (Wildman–Crippen MR) is 113 cm³/mol. The van der Waals surface area contributed by atoms with Crippen LogP contribution in [-0.4, -0.2) is 39.2 Å². The molecule has 7 nitrogen and oxygen atoms in total. The zero-order chi connectivity index (χ0) is 19.6. The fraction of sp³-hybridized carbons (Fsp3) is 0.381. The lowest BCUT2D eigenvalue weighted by Crippen LogP contribution is -2.41. The molecule has 29 heavy (non-hydrogen) atoms. The van der Waals surface area contributed by atoms with Crippen LogP contribution < -0.4 is 10.2 Å². The molecule has 0 aromatic carbocycles. The Balaban J connectivity index is 1.25. The summed E-state index contributed by atoms with van der Waals surface area (Å²) >= 11 is 1.44. The smallest absolute Gasteiger partial charge is 0.231 e. The third-order valence-corrected chi connectivity index (χ3v) is 6.37. The molecule has 0 saturated carbocycles. The fourth-order valence-corrected chi connectivity index (χ4v) is 4.78. The molecule has 1 aliphatic carbocycles. The van der Waals surface area contributed by atoms with Gasteiger partial charge in [-0.05, 0) is 55.9 Å². The van der Waals surface area contributed by atoms with Gasteiger partial charge in [0.15, 0.2) is 10.9 Å². The van der Waals surface area contributed by atoms with Crippen molar-refractivity contribution in [1.82, 2.24) is 20.2 Å². The van der Waals surface area contributed by atoms with Crippen LogP contribution in [0.4, 0.5) is 10.9 Å². The van der Waals surface area contributed by atoms with Gasteiger partial charge in [-0.1, -0.05) is 0 Å². The molecule has 1 N–H and O–H groups in total. The number of pyridine rings is 1. The molecule has 3 aromatic heterocycles. The highest BCUT2D eigenvalue weighted by molar-refractivity contribution is 7.14. The molecule has 3 aromatic rings. The molecule has 2 aliphatic rings. The van der Waals surface area contributed by atoms with Crippen molar-refractivity contribution in [3.05, 3.63) is 47.2 Å². The van der Waals surface area contributed by atoms with E-state index in [1.54, 1.807) is 12.4 Å². The maximum absolute atomic E-state index is 12.9. The summed E-state index contributed by atoms with van der Waals surface area (Å²) < 4.78 is 0. The van der Waals surface area contributed by atoms with Crippen molar-refractivity contribution in [3.8, 4) is 11.3 Å². The molecule has 4 heterocycles. The summed E-state index contributed by atoms with van der Waals surface area (Å²) in [6.07, 6.45) is 8.63. The zero-order valence-electron chi connectivity index (χ0n) is 16.0. The number of piperidine rings is 1. The Bertz CT molecular complexity index is 1020. The number of carbonyl (C=O) groups excluding carboxylic acids is 1. The lowest BCUT2D eigenvalue weighted by molar-refractivity contribution is -0.120.